The fourth-order valence-corrected chi connectivity index (χ4v) is 1.75. The molecule has 0 saturated carbocycles. The van der Waals surface area contributed by atoms with Gasteiger partial charge in [-0.3, -0.25) is 9.78 Å². The Balaban J connectivity index is 2.26. The van der Waals surface area contributed by atoms with Gasteiger partial charge in [0.2, 0.25) is 0 Å². The Morgan fingerprint density at radius 2 is 2.11 bits per heavy atom. The monoisotopic (exact) mass is 266 g/mol. The van der Waals surface area contributed by atoms with Crippen molar-refractivity contribution in [2.75, 3.05) is 0 Å². The topological polar surface area (TPSA) is 129 Å². The maximum absolute atomic E-state index is 11.3. The van der Waals surface area contributed by atoms with E-state index in [1.54, 1.807) is 0 Å². The van der Waals surface area contributed by atoms with Gasteiger partial charge in [0, 0.05) is 6.20 Å². The molecule has 2 aromatic heterocycles. The molecule has 2 rings (SSSR count). The number of carboxylic acid groups (broad SMARTS) is 1. The highest BCUT2D eigenvalue weighted by molar-refractivity contribution is 7.99. The number of nitrogens with zero attached hydrogens (tertiary/aromatic N) is 2. The molecule has 0 aliphatic rings. The van der Waals surface area contributed by atoms with Crippen molar-refractivity contribution in [1.29, 1.82) is 0 Å². The minimum absolute atomic E-state index is 0.0187. The molecule has 0 aliphatic carbocycles. The van der Waals surface area contributed by atoms with E-state index in [4.69, 9.17) is 5.11 Å². The second kappa shape index (κ2) is 4.84. The molecule has 0 spiro atoms. The molecule has 0 bridgehead atoms. The highest BCUT2D eigenvalue weighted by Crippen LogP contribution is 2.20. The van der Waals surface area contributed by atoms with E-state index in [1.165, 1.54) is 18.3 Å². The highest BCUT2D eigenvalue weighted by Gasteiger charge is 2.07. The standard InChI is InChI=1S/C9H6N4O4S/c14-6-7(12-13-9(17)11-6)18-5-2-1-4(3-10-5)8(15)16/h1-3H,(H,15,16)(H2,11,13,14,17). The number of rotatable bonds is 3. The molecule has 9 heteroatoms. The number of aromatic carboxylic acids is 1. The van der Waals surface area contributed by atoms with Crippen LogP contribution in [0.25, 0.3) is 0 Å². The van der Waals surface area contributed by atoms with Gasteiger partial charge in [0.15, 0.2) is 5.03 Å². The highest BCUT2D eigenvalue weighted by atomic mass is 32.2. The Morgan fingerprint density at radius 3 is 2.67 bits per heavy atom. The van der Waals surface area contributed by atoms with Crippen LogP contribution in [0, 0.1) is 0 Å². The first-order chi connectivity index (χ1) is 8.56. The molecule has 0 radical (unpaired) electrons. The molecule has 92 valence electrons. The van der Waals surface area contributed by atoms with E-state index in [-0.39, 0.29) is 10.6 Å². The predicted octanol–water partition coefficient (Wildman–Crippen LogP) is -0.297. The van der Waals surface area contributed by atoms with Gasteiger partial charge in [0.05, 0.1) is 5.56 Å². The molecular weight excluding hydrogens is 260 g/mol. The first kappa shape index (κ1) is 12.0. The van der Waals surface area contributed by atoms with Crippen LogP contribution in [0.4, 0.5) is 0 Å². The molecule has 2 aromatic rings. The summed E-state index contributed by atoms with van der Waals surface area (Å²) in [7, 11) is 0. The van der Waals surface area contributed by atoms with Crippen molar-refractivity contribution in [2.24, 2.45) is 0 Å². The number of aromatic nitrogens is 4. The summed E-state index contributed by atoms with van der Waals surface area (Å²) in [5.41, 5.74) is -1.28. The van der Waals surface area contributed by atoms with Gasteiger partial charge >= 0.3 is 11.7 Å². The number of aromatic amines is 2. The molecule has 0 amide bonds. The third-order valence-electron chi connectivity index (χ3n) is 1.86. The summed E-state index contributed by atoms with van der Waals surface area (Å²) >= 11 is 0.914. The molecule has 0 saturated heterocycles. The smallest absolute Gasteiger partial charge is 0.342 e. The lowest BCUT2D eigenvalue weighted by atomic mass is 10.3. The number of carboxylic acids is 1. The Kier molecular flexibility index (Phi) is 3.24. The Labute approximate surface area is 103 Å². The first-order valence-corrected chi connectivity index (χ1v) is 5.44. The number of hydrogen-bond acceptors (Lipinski definition) is 6. The van der Waals surface area contributed by atoms with Crippen LogP contribution in [0.5, 0.6) is 0 Å². The van der Waals surface area contributed by atoms with Crippen LogP contribution in [0.2, 0.25) is 0 Å². The summed E-state index contributed by atoms with van der Waals surface area (Å²) in [5, 5.41) is 14.7. The van der Waals surface area contributed by atoms with Gasteiger partial charge in [-0.25, -0.2) is 19.7 Å². The largest absolute Gasteiger partial charge is 0.478 e. The van der Waals surface area contributed by atoms with Crippen molar-refractivity contribution in [3.63, 3.8) is 0 Å². The fourth-order valence-electron chi connectivity index (χ4n) is 1.07. The average Bonchev–Trinajstić information content (AvgIpc) is 2.33. The number of nitrogens with one attached hydrogen (secondary N) is 2. The summed E-state index contributed by atoms with van der Waals surface area (Å²) < 4.78 is 0. The Hall–Kier alpha value is -2.42. The normalized spacial score (nSPS) is 10.2. The van der Waals surface area contributed by atoms with E-state index in [2.05, 4.69) is 15.2 Å². The summed E-state index contributed by atoms with van der Waals surface area (Å²) in [6, 6.07) is 2.80. The van der Waals surface area contributed by atoms with Crippen LogP contribution >= 0.6 is 11.8 Å². The summed E-state index contributed by atoms with van der Waals surface area (Å²) in [6.07, 6.45) is 1.17. The predicted molar refractivity (Wildman–Crippen MR) is 60.8 cm³/mol. The zero-order chi connectivity index (χ0) is 13.1. The van der Waals surface area contributed by atoms with Crippen LogP contribution in [0.3, 0.4) is 0 Å². The van der Waals surface area contributed by atoms with Gasteiger partial charge in [0.25, 0.3) is 5.56 Å². The van der Waals surface area contributed by atoms with Gasteiger partial charge in [-0.05, 0) is 23.9 Å². The van der Waals surface area contributed by atoms with Gasteiger partial charge in [-0.2, -0.15) is 5.10 Å². The van der Waals surface area contributed by atoms with Crippen molar-refractivity contribution >= 4 is 17.7 Å². The molecule has 0 atom stereocenters. The van der Waals surface area contributed by atoms with Crippen molar-refractivity contribution < 1.29 is 9.90 Å². The maximum Gasteiger partial charge on any atom is 0.342 e. The summed E-state index contributed by atoms with van der Waals surface area (Å²) in [4.78, 5) is 38.6. The quantitative estimate of drug-likeness (QED) is 0.695. The molecule has 8 nitrogen and oxygen atoms in total. The van der Waals surface area contributed by atoms with Crippen molar-refractivity contribution in [2.45, 2.75) is 10.1 Å². The lowest BCUT2D eigenvalue weighted by Gasteiger charge is -1.98. The van der Waals surface area contributed by atoms with Crippen LogP contribution in [0.15, 0.2) is 38.0 Å². The first-order valence-electron chi connectivity index (χ1n) is 4.62. The molecular formula is C9H6N4O4S. The Morgan fingerprint density at radius 1 is 1.33 bits per heavy atom. The number of H-pyrrole nitrogens is 2. The number of hydrogen-bond donors (Lipinski definition) is 3. The van der Waals surface area contributed by atoms with Gasteiger partial charge in [-0.15, -0.1) is 0 Å². The zero-order valence-corrected chi connectivity index (χ0v) is 9.52. The van der Waals surface area contributed by atoms with E-state index in [0.717, 1.165) is 11.8 Å². The van der Waals surface area contributed by atoms with Crippen LogP contribution in [0.1, 0.15) is 10.4 Å². The fraction of sp³-hybridized carbons (Fsp3) is 0. The van der Waals surface area contributed by atoms with Crippen LogP contribution in [-0.4, -0.2) is 31.2 Å². The van der Waals surface area contributed by atoms with Crippen molar-refractivity contribution in [3.05, 3.63) is 44.7 Å². The molecule has 2 heterocycles. The number of carbonyl (C=O) groups is 1. The zero-order valence-electron chi connectivity index (χ0n) is 8.71. The second-order valence-corrected chi connectivity index (χ2v) is 4.11. The van der Waals surface area contributed by atoms with Crippen molar-refractivity contribution in [1.82, 2.24) is 20.2 Å². The van der Waals surface area contributed by atoms with E-state index in [1.807, 2.05) is 4.98 Å². The van der Waals surface area contributed by atoms with E-state index in [9.17, 15) is 14.4 Å². The average molecular weight is 266 g/mol. The van der Waals surface area contributed by atoms with Gasteiger partial charge in [-0.1, -0.05) is 0 Å². The third-order valence-corrected chi connectivity index (χ3v) is 2.79. The van der Waals surface area contributed by atoms with Crippen LogP contribution < -0.4 is 11.2 Å². The SMILES string of the molecule is O=C(O)c1ccc(Sc2n[nH]c(=O)[nH]c2=O)nc1. The van der Waals surface area contributed by atoms with E-state index < -0.39 is 17.2 Å². The van der Waals surface area contributed by atoms with Crippen LogP contribution in [-0.2, 0) is 0 Å². The maximum atomic E-state index is 11.3. The molecule has 0 fully saturated rings. The van der Waals surface area contributed by atoms with E-state index in [0.29, 0.717) is 5.03 Å². The molecule has 3 N–H and O–H groups in total. The molecule has 0 aromatic carbocycles. The minimum Gasteiger partial charge on any atom is -0.478 e. The molecule has 18 heavy (non-hydrogen) atoms. The lowest BCUT2D eigenvalue weighted by molar-refractivity contribution is 0.0696. The summed E-state index contributed by atoms with van der Waals surface area (Å²) in [6.45, 7) is 0. The number of pyridine rings is 1. The second-order valence-electron chi connectivity index (χ2n) is 3.10. The molecule has 0 unspecified atom stereocenters. The lowest BCUT2D eigenvalue weighted by Crippen LogP contribution is -2.24. The Bertz CT molecular complexity index is 691. The molecule has 0 aliphatic heterocycles. The third kappa shape index (κ3) is 2.63. The minimum atomic E-state index is -1.08. The van der Waals surface area contributed by atoms with Crippen molar-refractivity contribution in [3.8, 4) is 0 Å². The van der Waals surface area contributed by atoms with Gasteiger partial charge < -0.3 is 5.11 Å². The van der Waals surface area contributed by atoms with E-state index >= 15 is 0 Å². The van der Waals surface area contributed by atoms with Gasteiger partial charge in [0.1, 0.15) is 5.03 Å². The summed E-state index contributed by atoms with van der Waals surface area (Å²) in [5.74, 6) is -1.08.